The highest BCUT2D eigenvalue weighted by Crippen LogP contribution is 2.21. The summed E-state index contributed by atoms with van der Waals surface area (Å²) in [5.74, 6) is 5.56. The highest BCUT2D eigenvalue weighted by Gasteiger charge is 2.21. The smallest absolute Gasteiger partial charge is 0.243 e. The van der Waals surface area contributed by atoms with Crippen LogP contribution in [0.25, 0.3) is 10.4 Å². The number of amides is 1. The number of pyridine rings is 1. The van der Waals surface area contributed by atoms with Crippen molar-refractivity contribution in [2.45, 2.75) is 19.3 Å². The van der Waals surface area contributed by atoms with Crippen LogP contribution in [0, 0.1) is 11.8 Å². The SMILES string of the molecule is [N-]=[N+]=NCCC#CCN1N=C(c2ccc(Cl)c(Cl)n2)CCC1=O. The Kier molecular flexibility index (Phi) is 6.24. The number of hydrazone groups is 1. The molecule has 0 N–H and O–H groups in total. The fraction of sp³-hybridized carbons (Fsp3) is 0.357. The second-order valence-electron chi connectivity index (χ2n) is 4.53. The monoisotopic (exact) mass is 350 g/mol. The van der Waals surface area contributed by atoms with E-state index < -0.39 is 0 Å². The number of rotatable bonds is 4. The average Bonchev–Trinajstić information content (AvgIpc) is 2.55. The van der Waals surface area contributed by atoms with Crippen molar-refractivity contribution in [1.29, 1.82) is 0 Å². The molecule has 1 aliphatic heterocycles. The van der Waals surface area contributed by atoms with E-state index in [9.17, 15) is 4.79 Å². The Hall–Kier alpha value is -2.26. The Balaban J connectivity index is 2.08. The zero-order valence-corrected chi connectivity index (χ0v) is 13.5. The van der Waals surface area contributed by atoms with Gasteiger partial charge >= 0.3 is 0 Å². The van der Waals surface area contributed by atoms with Gasteiger partial charge < -0.3 is 0 Å². The number of aromatic nitrogens is 1. The number of hydrogen-bond acceptors (Lipinski definition) is 4. The fourth-order valence-electron chi connectivity index (χ4n) is 1.86. The third kappa shape index (κ3) is 4.86. The largest absolute Gasteiger partial charge is 0.273 e. The van der Waals surface area contributed by atoms with E-state index in [0.717, 1.165) is 0 Å². The van der Waals surface area contributed by atoms with Gasteiger partial charge in [-0.3, -0.25) is 4.79 Å². The lowest BCUT2D eigenvalue weighted by Gasteiger charge is -2.21. The number of azide groups is 1. The van der Waals surface area contributed by atoms with Gasteiger partial charge in [0.2, 0.25) is 5.91 Å². The fourth-order valence-corrected chi connectivity index (χ4v) is 2.12. The first-order chi connectivity index (χ1) is 11.1. The zero-order valence-electron chi connectivity index (χ0n) is 12.0. The molecule has 0 unspecified atom stereocenters. The molecule has 0 saturated heterocycles. The van der Waals surface area contributed by atoms with E-state index in [2.05, 4.69) is 32.0 Å². The normalized spacial score (nSPS) is 13.7. The van der Waals surface area contributed by atoms with Gasteiger partial charge in [0, 0.05) is 30.7 Å². The molecule has 0 bridgehead atoms. The van der Waals surface area contributed by atoms with Gasteiger partial charge in [-0.15, -0.1) is 5.92 Å². The molecule has 2 rings (SSSR count). The van der Waals surface area contributed by atoms with E-state index in [-0.39, 0.29) is 17.6 Å². The minimum Gasteiger partial charge on any atom is -0.273 e. The minimum absolute atomic E-state index is 0.0989. The van der Waals surface area contributed by atoms with Crippen LogP contribution in [-0.2, 0) is 4.79 Å². The predicted octanol–water partition coefficient (Wildman–Crippen LogP) is 3.42. The molecular weight excluding hydrogens is 339 g/mol. The number of carbonyl (C=O) groups excluding carboxylic acids is 1. The second-order valence-corrected chi connectivity index (χ2v) is 5.29. The summed E-state index contributed by atoms with van der Waals surface area (Å²) in [4.78, 5) is 18.7. The summed E-state index contributed by atoms with van der Waals surface area (Å²) in [5.41, 5.74) is 9.41. The van der Waals surface area contributed by atoms with E-state index in [1.54, 1.807) is 12.1 Å². The molecule has 1 aromatic heterocycles. The highest BCUT2D eigenvalue weighted by atomic mass is 35.5. The van der Waals surface area contributed by atoms with Crippen LogP contribution in [-0.4, -0.2) is 34.7 Å². The van der Waals surface area contributed by atoms with Crippen molar-refractivity contribution in [2.75, 3.05) is 13.1 Å². The van der Waals surface area contributed by atoms with Crippen LogP contribution in [0.3, 0.4) is 0 Å². The third-order valence-corrected chi connectivity index (χ3v) is 3.65. The summed E-state index contributed by atoms with van der Waals surface area (Å²) in [5, 5.41) is 9.54. The molecule has 7 nitrogen and oxygen atoms in total. The molecular formula is C14H12Cl2N6O. The quantitative estimate of drug-likeness (QED) is 0.208. The molecule has 23 heavy (non-hydrogen) atoms. The molecule has 0 atom stereocenters. The molecule has 9 heteroatoms. The molecule has 0 aromatic carbocycles. The summed E-state index contributed by atoms with van der Waals surface area (Å²) >= 11 is 11.8. The highest BCUT2D eigenvalue weighted by molar-refractivity contribution is 6.41. The lowest BCUT2D eigenvalue weighted by atomic mass is 10.1. The predicted molar refractivity (Wildman–Crippen MR) is 88.1 cm³/mol. The molecule has 0 aliphatic carbocycles. The number of nitrogens with zero attached hydrogens (tertiary/aromatic N) is 6. The van der Waals surface area contributed by atoms with E-state index >= 15 is 0 Å². The maximum absolute atomic E-state index is 11.9. The van der Waals surface area contributed by atoms with Gasteiger partial charge in [-0.25, -0.2) is 9.99 Å². The second kappa shape index (κ2) is 8.39. The summed E-state index contributed by atoms with van der Waals surface area (Å²) in [6.45, 7) is 0.485. The Morgan fingerprint density at radius 2 is 2.17 bits per heavy atom. The zero-order chi connectivity index (χ0) is 16.7. The molecule has 2 heterocycles. The standard InChI is InChI=1S/C14H12Cl2N6O/c15-10-4-5-11(19-14(10)16)12-6-7-13(23)22(20-12)9-3-1-2-8-18-21-17/h4-5H,2,6-9H2. The summed E-state index contributed by atoms with van der Waals surface area (Å²) in [6, 6.07) is 3.36. The van der Waals surface area contributed by atoms with Crippen molar-refractivity contribution in [3.05, 3.63) is 38.4 Å². The summed E-state index contributed by atoms with van der Waals surface area (Å²) < 4.78 is 0. The Bertz CT molecular complexity index is 745. The lowest BCUT2D eigenvalue weighted by Crippen LogP contribution is -2.32. The van der Waals surface area contributed by atoms with Crippen LogP contribution in [0.2, 0.25) is 10.2 Å². The van der Waals surface area contributed by atoms with Crippen molar-refractivity contribution in [2.24, 2.45) is 10.2 Å². The van der Waals surface area contributed by atoms with Crippen LogP contribution in [0.1, 0.15) is 25.0 Å². The van der Waals surface area contributed by atoms with Crippen LogP contribution in [0.4, 0.5) is 0 Å². The van der Waals surface area contributed by atoms with Gasteiger partial charge in [0.25, 0.3) is 0 Å². The van der Waals surface area contributed by atoms with Gasteiger partial charge in [-0.05, 0) is 17.7 Å². The molecule has 0 saturated carbocycles. The Morgan fingerprint density at radius 3 is 2.91 bits per heavy atom. The van der Waals surface area contributed by atoms with Crippen LogP contribution in [0.5, 0.6) is 0 Å². The molecule has 0 spiro atoms. The molecule has 118 valence electrons. The first-order valence-corrected chi connectivity index (χ1v) is 7.54. The van der Waals surface area contributed by atoms with Gasteiger partial charge in [-0.1, -0.05) is 34.2 Å². The van der Waals surface area contributed by atoms with Gasteiger partial charge in [-0.2, -0.15) is 5.10 Å². The number of hydrogen-bond donors (Lipinski definition) is 0. The van der Waals surface area contributed by atoms with Crippen molar-refractivity contribution < 1.29 is 4.79 Å². The average molecular weight is 351 g/mol. The Labute approximate surface area is 142 Å². The molecule has 1 aromatic rings. The maximum atomic E-state index is 11.9. The summed E-state index contributed by atoms with van der Waals surface area (Å²) in [6.07, 6.45) is 1.27. The van der Waals surface area contributed by atoms with E-state index in [0.29, 0.717) is 42.2 Å². The maximum Gasteiger partial charge on any atom is 0.243 e. The number of carbonyl (C=O) groups is 1. The van der Waals surface area contributed by atoms with Gasteiger partial charge in [0.1, 0.15) is 11.7 Å². The van der Waals surface area contributed by atoms with Crippen LogP contribution >= 0.6 is 23.2 Å². The minimum atomic E-state index is -0.0989. The van der Waals surface area contributed by atoms with Crippen LogP contribution < -0.4 is 0 Å². The first-order valence-electron chi connectivity index (χ1n) is 6.78. The van der Waals surface area contributed by atoms with Crippen molar-refractivity contribution >= 4 is 34.8 Å². The van der Waals surface area contributed by atoms with E-state index in [1.807, 2.05) is 0 Å². The van der Waals surface area contributed by atoms with Crippen LogP contribution in [0.15, 0.2) is 22.3 Å². The lowest BCUT2D eigenvalue weighted by molar-refractivity contribution is -0.131. The molecule has 1 amide bonds. The third-order valence-electron chi connectivity index (χ3n) is 2.96. The molecule has 1 aliphatic rings. The molecule has 0 fully saturated rings. The van der Waals surface area contributed by atoms with Gasteiger partial charge in [0.05, 0.1) is 16.4 Å². The first kappa shape index (κ1) is 17.1. The van der Waals surface area contributed by atoms with E-state index in [4.69, 9.17) is 28.7 Å². The van der Waals surface area contributed by atoms with Crippen molar-refractivity contribution in [1.82, 2.24) is 9.99 Å². The Morgan fingerprint density at radius 1 is 1.35 bits per heavy atom. The topological polar surface area (TPSA) is 94.3 Å². The number of halogens is 2. The van der Waals surface area contributed by atoms with Crippen molar-refractivity contribution in [3.63, 3.8) is 0 Å². The molecule has 0 radical (unpaired) electrons. The van der Waals surface area contributed by atoms with Gasteiger partial charge in [0.15, 0.2) is 0 Å². The van der Waals surface area contributed by atoms with E-state index in [1.165, 1.54) is 5.01 Å². The summed E-state index contributed by atoms with van der Waals surface area (Å²) in [7, 11) is 0. The van der Waals surface area contributed by atoms with Crippen molar-refractivity contribution in [3.8, 4) is 11.8 Å².